The first kappa shape index (κ1) is 20.8. The van der Waals surface area contributed by atoms with Gasteiger partial charge in [0.05, 0.1) is 6.61 Å². The molecule has 2 amide bonds. The number of rotatable bonds is 5. The molecule has 5 nitrogen and oxygen atoms in total. The molecule has 1 heterocycles. The normalized spacial score (nSPS) is 33.7. The molecular formula is C26H36N2O3. The topological polar surface area (TPSA) is 58.6 Å². The van der Waals surface area contributed by atoms with Crippen molar-refractivity contribution in [3.8, 4) is 0 Å². The maximum atomic E-state index is 12.9. The lowest BCUT2D eigenvalue weighted by molar-refractivity contribution is -0.120. The number of amides is 2. The Bertz CT molecular complexity index is 796. The Morgan fingerprint density at radius 1 is 1.06 bits per heavy atom. The van der Waals surface area contributed by atoms with Gasteiger partial charge in [-0.15, -0.1) is 0 Å². The van der Waals surface area contributed by atoms with Crippen LogP contribution in [0.3, 0.4) is 0 Å². The van der Waals surface area contributed by atoms with E-state index in [-0.39, 0.29) is 17.9 Å². The highest BCUT2D eigenvalue weighted by molar-refractivity contribution is 5.96. The molecule has 0 radical (unpaired) electrons. The molecule has 5 heteroatoms. The van der Waals surface area contributed by atoms with Crippen molar-refractivity contribution in [2.24, 2.45) is 23.7 Å². The van der Waals surface area contributed by atoms with Gasteiger partial charge in [-0.05, 0) is 98.1 Å². The lowest BCUT2D eigenvalue weighted by atomic mass is 9.48. The van der Waals surface area contributed by atoms with Gasteiger partial charge >= 0.3 is 6.09 Å². The average molecular weight is 425 g/mol. The van der Waals surface area contributed by atoms with Crippen LogP contribution in [0.1, 0.15) is 70.8 Å². The molecule has 0 unspecified atom stereocenters. The number of anilines is 1. The summed E-state index contributed by atoms with van der Waals surface area (Å²) in [6.45, 7) is 4.98. The van der Waals surface area contributed by atoms with Gasteiger partial charge in [0.25, 0.3) is 0 Å². The van der Waals surface area contributed by atoms with Crippen molar-refractivity contribution < 1.29 is 14.3 Å². The number of carbonyl (C=O) groups excluding carboxylic acids is 2. The monoisotopic (exact) mass is 424 g/mol. The maximum absolute atomic E-state index is 12.9. The van der Waals surface area contributed by atoms with Gasteiger partial charge in [-0.3, -0.25) is 9.69 Å². The Morgan fingerprint density at radius 3 is 2.26 bits per heavy atom. The van der Waals surface area contributed by atoms with Crippen LogP contribution < -0.4 is 5.32 Å². The summed E-state index contributed by atoms with van der Waals surface area (Å²) in [5, 5.41) is 3.05. The fourth-order valence-electron chi connectivity index (χ4n) is 7.18. The Morgan fingerprint density at radius 2 is 1.68 bits per heavy atom. The third kappa shape index (κ3) is 4.08. The zero-order chi connectivity index (χ0) is 21.6. The standard InChI is InChI=1S/C26H36N2O3/c1-17(2)16-31-25(30)28-9-3-4-23(28)24(29)27-22-7-5-21(6-8-22)26-13-18-10-19(14-26)12-20(11-18)15-26/h5-8,17-20,23H,3-4,9-16H2,1-2H3,(H,27,29)/t18?,19?,20?,23-,26?/m1/s1. The lowest BCUT2D eigenvalue weighted by Gasteiger charge is -2.57. The Hall–Kier alpha value is -2.04. The van der Waals surface area contributed by atoms with Gasteiger partial charge in [0.15, 0.2) is 0 Å². The summed E-state index contributed by atoms with van der Waals surface area (Å²) in [6, 6.07) is 8.16. The van der Waals surface area contributed by atoms with Crippen molar-refractivity contribution in [1.29, 1.82) is 0 Å². The number of ether oxygens (including phenoxy) is 1. The van der Waals surface area contributed by atoms with Gasteiger partial charge in [0.2, 0.25) is 5.91 Å². The molecule has 1 N–H and O–H groups in total. The Labute approximate surface area is 185 Å². The smallest absolute Gasteiger partial charge is 0.410 e. The summed E-state index contributed by atoms with van der Waals surface area (Å²) in [7, 11) is 0. The van der Waals surface area contributed by atoms with Crippen LogP contribution in [0.2, 0.25) is 0 Å². The molecule has 1 saturated heterocycles. The highest BCUT2D eigenvalue weighted by Crippen LogP contribution is 2.60. The second-order valence-corrected chi connectivity index (χ2v) is 11.1. The highest BCUT2D eigenvalue weighted by Gasteiger charge is 2.51. The molecular weight excluding hydrogens is 388 g/mol. The quantitative estimate of drug-likeness (QED) is 0.693. The van der Waals surface area contributed by atoms with Gasteiger partial charge in [0.1, 0.15) is 6.04 Å². The summed E-state index contributed by atoms with van der Waals surface area (Å²) >= 11 is 0. The van der Waals surface area contributed by atoms with Gasteiger partial charge in [0, 0.05) is 12.2 Å². The molecule has 5 aliphatic rings. The number of nitrogens with one attached hydrogen (secondary N) is 1. The summed E-state index contributed by atoms with van der Waals surface area (Å²) in [6.07, 6.45) is 9.54. The van der Waals surface area contributed by atoms with E-state index in [1.165, 1.54) is 44.1 Å². The average Bonchev–Trinajstić information content (AvgIpc) is 3.22. The third-order valence-electron chi connectivity index (χ3n) is 8.13. The minimum atomic E-state index is -0.442. The van der Waals surface area contributed by atoms with Gasteiger partial charge in [-0.25, -0.2) is 4.79 Å². The molecule has 0 spiro atoms. The van der Waals surface area contributed by atoms with Crippen LogP contribution in [0, 0.1) is 23.7 Å². The van der Waals surface area contributed by atoms with E-state index in [9.17, 15) is 9.59 Å². The van der Waals surface area contributed by atoms with Crippen LogP contribution in [0.25, 0.3) is 0 Å². The summed E-state index contributed by atoms with van der Waals surface area (Å²) in [5.41, 5.74) is 2.66. The molecule has 4 aliphatic carbocycles. The molecule has 6 rings (SSSR count). The number of likely N-dealkylation sites (tertiary alicyclic amines) is 1. The van der Waals surface area contributed by atoms with Crippen LogP contribution >= 0.6 is 0 Å². The van der Waals surface area contributed by atoms with Gasteiger partial charge in [-0.2, -0.15) is 0 Å². The Balaban J connectivity index is 1.23. The van der Waals surface area contributed by atoms with Gasteiger partial charge in [-0.1, -0.05) is 26.0 Å². The summed E-state index contributed by atoms with van der Waals surface area (Å²) in [4.78, 5) is 26.9. The molecule has 5 fully saturated rings. The van der Waals surface area contributed by atoms with Gasteiger partial charge < -0.3 is 10.1 Å². The Kier molecular flexibility index (Phi) is 5.47. The van der Waals surface area contributed by atoms with E-state index in [2.05, 4.69) is 29.6 Å². The molecule has 4 saturated carbocycles. The van der Waals surface area contributed by atoms with E-state index in [0.717, 1.165) is 29.9 Å². The van der Waals surface area contributed by atoms with Crippen LogP contribution in [-0.4, -0.2) is 36.1 Å². The van der Waals surface area contributed by atoms with Crippen molar-refractivity contribution in [2.45, 2.75) is 76.7 Å². The second kappa shape index (κ2) is 8.14. The molecule has 1 aromatic rings. The third-order valence-corrected chi connectivity index (χ3v) is 8.13. The minimum Gasteiger partial charge on any atom is -0.449 e. The van der Waals surface area contributed by atoms with E-state index in [4.69, 9.17) is 4.74 Å². The fraction of sp³-hybridized carbons (Fsp3) is 0.692. The molecule has 1 aliphatic heterocycles. The predicted molar refractivity (Wildman–Crippen MR) is 121 cm³/mol. The second-order valence-electron chi connectivity index (χ2n) is 11.1. The van der Waals surface area contributed by atoms with Crippen molar-refractivity contribution in [2.75, 3.05) is 18.5 Å². The first-order chi connectivity index (χ1) is 14.9. The van der Waals surface area contributed by atoms with E-state index >= 15 is 0 Å². The van der Waals surface area contributed by atoms with Crippen LogP contribution in [0.4, 0.5) is 10.5 Å². The highest BCUT2D eigenvalue weighted by atomic mass is 16.6. The predicted octanol–water partition coefficient (Wildman–Crippen LogP) is 5.35. The van der Waals surface area contributed by atoms with E-state index in [1.807, 2.05) is 13.8 Å². The first-order valence-electron chi connectivity index (χ1n) is 12.3. The van der Waals surface area contributed by atoms with Crippen molar-refractivity contribution in [3.05, 3.63) is 29.8 Å². The molecule has 168 valence electrons. The van der Waals surface area contributed by atoms with Crippen molar-refractivity contribution in [3.63, 3.8) is 0 Å². The summed E-state index contributed by atoms with van der Waals surface area (Å²) < 4.78 is 5.36. The van der Waals surface area contributed by atoms with E-state index < -0.39 is 6.04 Å². The van der Waals surface area contributed by atoms with Crippen LogP contribution in [-0.2, 0) is 14.9 Å². The zero-order valence-corrected chi connectivity index (χ0v) is 18.9. The SMILES string of the molecule is CC(C)COC(=O)N1CCC[C@@H]1C(=O)Nc1ccc(C23CC4CC(CC(C4)C2)C3)cc1. The molecule has 1 aromatic carbocycles. The number of hydrogen-bond donors (Lipinski definition) is 1. The maximum Gasteiger partial charge on any atom is 0.410 e. The fourth-order valence-corrected chi connectivity index (χ4v) is 7.18. The number of hydrogen-bond acceptors (Lipinski definition) is 3. The van der Waals surface area contributed by atoms with Crippen LogP contribution in [0.15, 0.2) is 24.3 Å². The molecule has 31 heavy (non-hydrogen) atoms. The van der Waals surface area contributed by atoms with Crippen molar-refractivity contribution in [1.82, 2.24) is 4.90 Å². The van der Waals surface area contributed by atoms with E-state index in [0.29, 0.717) is 25.0 Å². The summed E-state index contributed by atoms with van der Waals surface area (Å²) in [5.74, 6) is 2.95. The molecule has 4 bridgehead atoms. The largest absolute Gasteiger partial charge is 0.449 e. The number of nitrogens with zero attached hydrogens (tertiary/aromatic N) is 1. The lowest BCUT2D eigenvalue weighted by Crippen LogP contribution is -2.48. The number of benzene rings is 1. The zero-order valence-electron chi connectivity index (χ0n) is 18.9. The molecule has 1 atom stereocenters. The van der Waals surface area contributed by atoms with E-state index in [1.54, 1.807) is 4.90 Å². The number of carbonyl (C=O) groups is 2. The van der Waals surface area contributed by atoms with Crippen LogP contribution in [0.5, 0.6) is 0 Å². The molecule has 0 aromatic heterocycles. The van der Waals surface area contributed by atoms with Crippen molar-refractivity contribution >= 4 is 17.7 Å². The first-order valence-corrected chi connectivity index (χ1v) is 12.3. The minimum absolute atomic E-state index is 0.110.